The van der Waals surface area contributed by atoms with Crippen molar-refractivity contribution < 1.29 is 14.6 Å². The van der Waals surface area contributed by atoms with Crippen LogP contribution in [0, 0.1) is 11.8 Å². The molecule has 22 heavy (non-hydrogen) atoms. The molecule has 5 heteroatoms. The minimum atomic E-state index is -0.475. The number of carbonyl (C=O) groups is 1. The Morgan fingerprint density at radius 2 is 2.09 bits per heavy atom. The van der Waals surface area contributed by atoms with E-state index in [2.05, 4.69) is 11.8 Å². The number of β-amino-alcohol motifs (C(OH)–C–C–N with tert-alkyl or cyclic N) is 1. The van der Waals surface area contributed by atoms with Gasteiger partial charge in [-0.2, -0.15) is 0 Å². The monoisotopic (exact) mass is 312 g/mol. The van der Waals surface area contributed by atoms with Crippen molar-refractivity contribution in [2.24, 2.45) is 11.8 Å². The highest BCUT2D eigenvalue weighted by molar-refractivity contribution is 5.76. The molecular weight excluding hydrogens is 280 g/mol. The van der Waals surface area contributed by atoms with E-state index in [0.717, 1.165) is 32.2 Å². The van der Waals surface area contributed by atoms with Gasteiger partial charge in [0.2, 0.25) is 5.91 Å². The highest BCUT2D eigenvalue weighted by atomic mass is 16.5. The van der Waals surface area contributed by atoms with Crippen molar-refractivity contribution in [3.63, 3.8) is 0 Å². The van der Waals surface area contributed by atoms with Gasteiger partial charge >= 0.3 is 0 Å². The molecule has 0 aromatic heterocycles. The maximum absolute atomic E-state index is 12.3. The summed E-state index contributed by atoms with van der Waals surface area (Å²) >= 11 is 0. The lowest BCUT2D eigenvalue weighted by Crippen LogP contribution is -2.45. The molecule has 0 aromatic carbocycles. The molecule has 0 radical (unpaired) electrons. The Morgan fingerprint density at radius 3 is 2.77 bits per heavy atom. The second-order valence-electron chi connectivity index (χ2n) is 7.18. The van der Waals surface area contributed by atoms with E-state index in [1.165, 1.54) is 25.7 Å². The maximum Gasteiger partial charge on any atom is 0.222 e. The fourth-order valence-electron chi connectivity index (χ4n) is 3.71. The van der Waals surface area contributed by atoms with Gasteiger partial charge in [-0.15, -0.1) is 0 Å². The smallest absolute Gasteiger partial charge is 0.222 e. The van der Waals surface area contributed by atoms with Crippen molar-refractivity contribution >= 4 is 5.91 Å². The first-order valence-electron chi connectivity index (χ1n) is 8.76. The van der Waals surface area contributed by atoms with Gasteiger partial charge in [-0.25, -0.2) is 0 Å². The summed E-state index contributed by atoms with van der Waals surface area (Å²) < 4.78 is 5.31. The first-order valence-corrected chi connectivity index (χ1v) is 8.76. The normalized spacial score (nSPS) is 28.3. The van der Waals surface area contributed by atoms with Crippen molar-refractivity contribution in [2.75, 3.05) is 46.4 Å². The number of hydrogen-bond acceptors (Lipinski definition) is 4. The minimum Gasteiger partial charge on any atom is -0.390 e. The number of amides is 1. The topological polar surface area (TPSA) is 53.0 Å². The number of rotatable bonds is 6. The first-order chi connectivity index (χ1) is 10.5. The molecule has 5 nitrogen and oxygen atoms in total. The predicted molar refractivity (Wildman–Crippen MR) is 86.6 cm³/mol. The molecule has 0 aromatic rings. The van der Waals surface area contributed by atoms with Crippen LogP contribution in [0.3, 0.4) is 0 Å². The SMILES string of the molecule is CC1CCCC(CC(=O)N(C)CC(O)CN2CCOCC2)C1. The fourth-order valence-corrected chi connectivity index (χ4v) is 3.71. The van der Waals surface area contributed by atoms with Crippen molar-refractivity contribution in [3.05, 3.63) is 0 Å². The fraction of sp³-hybridized carbons (Fsp3) is 0.941. The van der Waals surface area contributed by atoms with E-state index in [1.54, 1.807) is 4.90 Å². The van der Waals surface area contributed by atoms with E-state index in [0.29, 0.717) is 25.4 Å². The minimum absolute atomic E-state index is 0.181. The molecule has 1 amide bonds. The molecule has 2 rings (SSSR count). The van der Waals surface area contributed by atoms with Gasteiger partial charge in [0.25, 0.3) is 0 Å². The first kappa shape index (κ1) is 17.7. The quantitative estimate of drug-likeness (QED) is 0.804. The van der Waals surface area contributed by atoms with Crippen LogP contribution >= 0.6 is 0 Å². The van der Waals surface area contributed by atoms with Crippen LogP contribution in [0.25, 0.3) is 0 Å². The lowest BCUT2D eigenvalue weighted by Gasteiger charge is -2.31. The Hall–Kier alpha value is -0.650. The summed E-state index contributed by atoms with van der Waals surface area (Å²) in [4.78, 5) is 16.2. The van der Waals surface area contributed by atoms with Crippen LogP contribution in [0.5, 0.6) is 0 Å². The molecule has 1 N–H and O–H groups in total. The van der Waals surface area contributed by atoms with E-state index in [1.807, 2.05) is 7.05 Å². The molecule has 1 saturated carbocycles. The molecule has 128 valence electrons. The molecule has 3 unspecified atom stereocenters. The number of nitrogens with zero attached hydrogens (tertiary/aromatic N) is 2. The standard InChI is InChI=1S/C17H32N2O3/c1-14-4-3-5-15(10-14)11-17(21)18(2)12-16(20)13-19-6-8-22-9-7-19/h14-16,20H,3-13H2,1-2H3. The summed E-state index contributed by atoms with van der Waals surface area (Å²) in [5.41, 5.74) is 0. The van der Waals surface area contributed by atoms with Gasteiger partial charge in [-0.1, -0.05) is 19.8 Å². The van der Waals surface area contributed by atoms with Crippen molar-refractivity contribution in [1.82, 2.24) is 9.80 Å². The zero-order valence-corrected chi connectivity index (χ0v) is 14.2. The van der Waals surface area contributed by atoms with Gasteiger partial charge in [0.15, 0.2) is 0 Å². The average molecular weight is 312 g/mol. The van der Waals surface area contributed by atoms with Crippen LogP contribution in [0.4, 0.5) is 0 Å². The summed E-state index contributed by atoms with van der Waals surface area (Å²) in [7, 11) is 1.82. The molecule has 1 aliphatic carbocycles. The second kappa shape index (κ2) is 8.85. The van der Waals surface area contributed by atoms with E-state index in [-0.39, 0.29) is 5.91 Å². The van der Waals surface area contributed by atoms with E-state index < -0.39 is 6.10 Å². The Bertz CT molecular complexity index is 345. The predicted octanol–water partition coefficient (Wildman–Crippen LogP) is 1.35. The number of ether oxygens (including phenoxy) is 1. The third kappa shape index (κ3) is 5.86. The third-order valence-corrected chi connectivity index (χ3v) is 4.99. The number of aliphatic hydroxyl groups excluding tert-OH is 1. The third-order valence-electron chi connectivity index (χ3n) is 4.99. The Balaban J connectivity index is 1.68. The Labute approximate surface area is 134 Å². The zero-order valence-electron chi connectivity index (χ0n) is 14.2. The zero-order chi connectivity index (χ0) is 15.9. The summed E-state index contributed by atoms with van der Waals surface area (Å²) in [5.74, 6) is 1.47. The van der Waals surface area contributed by atoms with E-state index in [9.17, 15) is 9.90 Å². The molecule has 2 aliphatic rings. The average Bonchev–Trinajstić information content (AvgIpc) is 2.48. The van der Waals surface area contributed by atoms with E-state index in [4.69, 9.17) is 4.74 Å². The van der Waals surface area contributed by atoms with Gasteiger partial charge in [0, 0.05) is 39.6 Å². The molecule has 0 spiro atoms. The molecule has 1 aliphatic heterocycles. The van der Waals surface area contributed by atoms with Gasteiger partial charge in [-0.05, 0) is 24.7 Å². The lowest BCUT2D eigenvalue weighted by molar-refractivity contribution is -0.132. The van der Waals surface area contributed by atoms with Crippen LogP contribution < -0.4 is 0 Å². The highest BCUT2D eigenvalue weighted by Gasteiger charge is 2.24. The maximum atomic E-state index is 12.3. The van der Waals surface area contributed by atoms with Crippen LogP contribution in [-0.2, 0) is 9.53 Å². The van der Waals surface area contributed by atoms with Crippen LogP contribution in [-0.4, -0.2) is 73.4 Å². The van der Waals surface area contributed by atoms with Crippen LogP contribution in [0.2, 0.25) is 0 Å². The Kier molecular flexibility index (Phi) is 7.12. The summed E-state index contributed by atoms with van der Waals surface area (Å²) in [6.45, 7) is 6.55. The summed E-state index contributed by atoms with van der Waals surface area (Å²) in [6, 6.07) is 0. The number of aliphatic hydroxyl groups is 1. The van der Waals surface area contributed by atoms with E-state index >= 15 is 0 Å². The summed E-state index contributed by atoms with van der Waals surface area (Å²) in [5, 5.41) is 10.2. The van der Waals surface area contributed by atoms with Gasteiger partial charge < -0.3 is 14.7 Å². The van der Waals surface area contributed by atoms with Crippen molar-refractivity contribution in [1.29, 1.82) is 0 Å². The summed E-state index contributed by atoms with van der Waals surface area (Å²) in [6.07, 6.45) is 5.08. The van der Waals surface area contributed by atoms with Gasteiger partial charge in [-0.3, -0.25) is 9.69 Å². The molecule has 1 heterocycles. The molecule has 3 atom stereocenters. The molecule has 2 fully saturated rings. The van der Waals surface area contributed by atoms with Crippen LogP contribution in [0.15, 0.2) is 0 Å². The largest absolute Gasteiger partial charge is 0.390 e. The molecule has 1 saturated heterocycles. The highest BCUT2D eigenvalue weighted by Crippen LogP contribution is 2.30. The van der Waals surface area contributed by atoms with Crippen molar-refractivity contribution in [2.45, 2.75) is 45.1 Å². The van der Waals surface area contributed by atoms with Gasteiger partial charge in [0.1, 0.15) is 0 Å². The Morgan fingerprint density at radius 1 is 1.36 bits per heavy atom. The molecular formula is C17H32N2O3. The lowest BCUT2D eigenvalue weighted by atomic mass is 9.80. The number of carbonyl (C=O) groups excluding carboxylic acids is 1. The molecule has 0 bridgehead atoms. The number of hydrogen-bond donors (Lipinski definition) is 1. The number of likely N-dealkylation sites (N-methyl/N-ethyl adjacent to an activating group) is 1. The second-order valence-corrected chi connectivity index (χ2v) is 7.18. The van der Waals surface area contributed by atoms with Gasteiger partial charge in [0.05, 0.1) is 19.3 Å². The number of morpholine rings is 1. The van der Waals surface area contributed by atoms with Crippen LogP contribution in [0.1, 0.15) is 39.0 Å². The van der Waals surface area contributed by atoms with Crippen molar-refractivity contribution in [3.8, 4) is 0 Å².